The van der Waals surface area contributed by atoms with E-state index < -0.39 is 6.04 Å². The highest BCUT2D eigenvalue weighted by molar-refractivity contribution is 7.16. The third-order valence-electron chi connectivity index (χ3n) is 5.01. The lowest BCUT2D eigenvalue weighted by Crippen LogP contribution is -2.45. The highest BCUT2D eigenvalue weighted by atomic mass is 32.1. The van der Waals surface area contributed by atoms with Crippen LogP contribution in [0.1, 0.15) is 20.8 Å². The number of anilines is 1. The molecule has 0 spiro atoms. The summed E-state index contributed by atoms with van der Waals surface area (Å²) in [5, 5.41) is 6.30. The van der Waals surface area contributed by atoms with Crippen LogP contribution in [0.3, 0.4) is 0 Å². The Balaban J connectivity index is 1.54. The third kappa shape index (κ3) is 5.28. The van der Waals surface area contributed by atoms with Gasteiger partial charge in [-0.2, -0.15) is 0 Å². The second-order valence-electron chi connectivity index (χ2n) is 7.36. The van der Waals surface area contributed by atoms with Crippen molar-refractivity contribution in [2.75, 3.05) is 5.32 Å². The summed E-state index contributed by atoms with van der Waals surface area (Å²) in [6.07, 6.45) is 0.376. The summed E-state index contributed by atoms with van der Waals surface area (Å²) in [4.78, 5) is 31.6. The van der Waals surface area contributed by atoms with Crippen LogP contribution in [0.5, 0.6) is 0 Å². The second kappa shape index (κ2) is 10.0. The number of carbonyl (C=O) groups is 2. The van der Waals surface area contributed by atoms with Crippen molar-refractivity contribution in [2.45, 2.75) is 19.4 Å². The van der Waals surface area contributed by atoms with Crippen LogP contribution >= 0.6 is 11.3 Å². The minimum Gasteiger partial charge on any atom is -0.340 e. The van der Waals surface area contributed by atoms with Gasteiger partial charge in [0.2, 0.25) is 5.91 Å². The number of hydrogen-bond donors (Lipinski definition) is 2. The number of nitrogens with one attached hydrogen (secondary N) is 2. The standard InChI is InChI=1S/C26H23N3O2S/c1-18-23(20-13-7-3-8-14-20)28-26(32-18)29-25(31)22(17-19-11-5-2-6-12-19)27-24(30)21-15-9-4-10-16-21/h2-16,22H,17H2,1H3,(H,27,30)(H,28,29,31). The number of carbonyl (C=O) groups excluding carboxylic acids is 2. The van der Waals surface area contributed by atoms with E-state index in [1.54, 1.807) is 24.3 Å². The van der Waals surface area contributed by atoms with Crippen LogP contribution in [0.25, 0.3) is 11.3 Å². The summed E-state index contributed by atoms with van der Waals surface area (Å²) in [6, 6.07) is 27.6. The predicted octanol–water partition coefficient (Wildman–Crippen LogP) is 5.10. The molecular weight excluding hydrogens is 418 g/mol. The summed E-state index contributed by atoms with van der Waals surface area (Å²) in [6.45, 7) is 1.98. The Kier molecular flexibility index (Phi) is 6.72. The fourth-order valence-corrected chi connectivity index (χ4v) is 4.24. The molecule has 0 fully saturated rings. The highest BCUT2D eigenvalue weighted by Gasteiger charge is 2.23. The van der Waals surface area contributed by atoms with Crippen molar-refractivity contribution in [3.05, 3.63) is 107 Å². The molecule has 2 amide bonds. The second-order valence-corrected chi connectivity index (χ2v) is 8.56. The SMILES string of the molecule is Cc1sc(NC(=O)C(Cc2ccccc2)NC(=O)c2ccccc2)nc1-c1ccccc1. The Labute approximate surface area is 191 Å². The zero-order chi connectivity index (χ0) is 22.3. The Morgan fingerprint density at radius 2 is 1.47 bits per heavy atom. The van der Waals surface area contributed by atoms with E-state index in [0.717, 1.165) is 21.7 Å². The van der Waals surface area contributed by atoms with Crippen LogP contribution in [0.2, 0.25) is 0 Å². The summed E-state index contributed by atoms with van der Waals surface area (Å²) in [5.41, 5.74) is 3.31. The molecule has 1 atom stereocenters. The zero-order valence-corrected chi connectivity index (χ0v) is 18.4. The molecule has 160 valence electrons. The van der Waals surface area contributed by atoms with Crippen molar-refractivity contribution in [3.63, 3.8) is 0 Å². The lowest BCUT2D eigenvalue weighted by molar-refractivity contribution is -0.118. The number of benzene rings is 3. The first-order valence-electron chi connectivity index (χ1n) is 10.3. The zero-order valence-electron chi connectivity index (χ0n) is 17.6. The van der Waals surface area contributed by atoms with E-state index >= 15 is 0 Å². The smallest absolute Gasteiger partial charge is 0.251 e. The molecule has 1 heterocycles. The van der Waals surface area contributed by atoms with Gasteiger partial charge in [0, 0.05) is 22.4 Å². The summed E-state index contributed by atoms with van der Waals surface area (Å²) >= 11 is 1.42. The Morgan fingerprint density at radius 3 is 2.12 bits per heavy atom. The molecule has 1 unspecified atom stereocenters. The van der Waals surface area contributed by atoms with Gasteiger partial charge in [-0.05, 0) is 24.6 Å². The summed E-state index contributed by atoms with van der Waals surface area (Å²) in [7, 11) is 0. The molecule has 0 aliphatic heterocycles. The molecule has 0 saturated heterocycles. The van der Waals surface area contributed by atoms with E-state index in [2.05, 4.69) is 15.6 Å². The molecule has 32 heavy (non-hydrogen) atoms. The summed E-state index contributed by atoms with van der Waals surface area (Å²) in [5.74, 6) is -0.589. The first kappa shape index (κ1) is 21.5. The van der Waals surface area contributed by atoms with Gasteiger partial charge < -0.3 is 10.6 Å². The Bertz CT molecular complexity index is 1190. The van der Waals surface area contributed by atoms with Crippen LogP contribution in [0.4, 0.5) is 5.13 Å². The number of rotatable bonds is 7. The molecule has 4 aromatic rings. The molecule has 6 heteroatoms. The lowest BCUT2D eigenvalue weighted by atomic mass is 10.0. The van der Waals surface area contributed by atoms with Gasteiger partial charge in [0.15, 0.2) is 5.13 Å². The van der Waals surface area contributed by atoms with Crippen LogP contribution in [0, 0.1) is 6.92 Å². The average Bonchev–Trinajstić information content (AvgIpc) is 3.20. The van der Waals surface area contributed by atoms with E-state index in [4.69, 9.17) is 0 Å². The van der Waals surface area contributed by atoms with Crippen LogP contribution in [-0.4, -0.2) is 22.8 Å². The van der Waals surface area contributed by atoms with Crippen molar-refractivity contribution in [1.82, 2.24) is 10.3 Å². The number of aromatic nitrogens is 1. The van der Waals surface area contributed by atoms with E-state index in [9.17, 15) is 9.59 Å². The van der Waals surface area contributed by atoms with Gasteiger partial charge in [-0.15, -0.1) is 11.3 Å². The molecule has 2 N–H and O–H groups in total. The maximum Gasteiger partial charge on any atom is 0.251 e. The van der Waals surface area contributed by atoms with E-state index in [1.165, 1.54) is 11.3 Å². The molecule has 5 nitrogen and oxygen atoms in total. The van der Waals surface area contributed by atoms with Crippen molar-refractivity contribution in [3.8, 4) is 11.3 Å². The number of thiazole rings is 1. The molecule has 0 radical (unpaired) electrons. The first-order valence-corrected chi connectivity index (χ1v) is 11.2. The normalized spacial score (nSPS) is 11.5. The minimum atomic E-state index is -0.741. The van der Waals surface area contributed by atoms with Gasteiger partial charge in [0.25, 0.3) is 5.91 Å². The molecule has 1 aromatic heterocycles. The van der Waals surface area contributed by atoms with Crippen LogP contribution < -0.4 is 10.6 Å². The van der Waals surface area contributed by atoms with Gasteiger partial charge >= 0.3 is 0 Å². The minimum absolute atomic E-state index is 0.290. The topological polar surface area (TPSA) is 71.1 Å². The largest absolute Gasteiger partial charge is 0.340 e. The fraction of sp³-hybridized carbons (Fsp3) is 0.115. The number of amides is 2. The monoisotopic (exact) mass is 441 g/mol. The van der Waals surface area contributed by atoms with Gasteiger partial charge in [-0.3, -0.25) is 9.59 Å². The number of hydrogen-bond acceptors (Lipinski definition) is 4. The Morgan fingerprint density at radius 1 is 0.875 bits per heavy atom. The van der Waals surface area contributed by atoms with Crippen molar-refractivity contribution >= 4 is 28.3 Å². The molecule has 0 aliphatic rings. The average molecular weight is 442 g/mol. The van der Waals surface area contributed by atoms with Crippen molar-refractivity contribution in [2.24, 2.45) is 0 Å². The molecule has 3 aromatic carbocycles. The van der Waals surface area contributed by atoms with Crippen LogP contribution in [-0.2, 0) is 11.2 Å². The highest BCUT2D eigenvalue weighted by Crippen LogP contribution is 2.30. The molecule has 0 aliphatic carbocycles. The maximum atomic E-state index is 13.2. The number of nitrogens with zero attached hydrogens (tertiary/aromatic N) is 1. The lowest BCUT2D eigenvalue weighted by Gasteiger charge is -2.18. The summed E-state index contributed by atoms with van der Waals surface area (Å²) < 4.78 is 0. The quantitative estimate of drug-likeness (QED) is 0.419. The maximum absolute atomic E-state index is 13.2. The van der Waals surface area contributed by atoms with Gasteiger partial charge in [-0.1, -0.05) is 78.9 Å². The molecule has 0 saturated carbocycles. The molecular formula is C26H23N3O2S. The van der Waals surface area contributed by atoms with E-state index in [0.29, 0.717) is 17.1 Å². The number of aryl methyl sites for hydroxylation is 1. The van der Waals surface area contributed by atoms with E-state index in [1.807, 2.05) is 73.7 Å². The van der Waals surface area contributed by atoms with Crippen LogP contribution in [0.15, 0.2) is 91.0 Å². The van der Waals surface area contributed by atoms with Gasteiger partial charge in [-0.25, -0.2) is 4.98 Å². The van der Waals surface area contributed by atoms with Crippen molar-refractivity contribution in [1.29, 1.82) is 0 Å². The first-order chi connectivity index (χ1) is 15.6. The third-order valence-corrected chi connectivity index (χ3v) is 5.90. The Hall–Kier alpha value is -3.77. The van der Waals surface area contributed by atoms with E-state index in [-0.39, 0.29) is 11.8 Å². The van der Waals surface area contributed by atoms with Gasteiger partial charge in [0.1, 0.15) is 6.04 Å². The molecule has 4 rings (SSSR count). The fourth-order valence-electron chi connectivity index (χ4n) is 3.40. The van der Waals surface area contributed by atoms with Crippen molar-refractivity contribution < 1.29 is 9.59 Å². The molecule has 0 bridgehead atoms. The van der Waals surface area contributed by atoms with Gasteiger partial charge in [0.05, 0.1) is 5.69 Å². The predicted molar refractivity (Wildman–Crippen MR) is 129 cm³/mol.